The van der Waals surface area contributed by atoms with E-state index in [-0.39, 0.29) is 17.9 Å². The Bertz CT molecular complexity index is 756. The minimum atomic E-state index is -0.396. The molecule has 0 bridgehead atoms. The quantitative estimate of drug-likeness (QED) is 0.811. The minimum Gasteiger partial charge on any atom is -0.478 e. The summed E-state index contributed by atoms with van der Waals surface area (Å²) in [7, 11) is 1.80. The summed E-state index contributed by atoms with van der Waals surface area (Å²) in [6.07, 6.45) is 0. The molecule has 3 unspecified atom stereocenters. The number of benzene rings is 2. The van der Waals surface area contributed by atoms with Crippen molar-refractivity contribution in [1.29, 1.82) is 0 Å². The van der Waals surface area contributed by atoms with Crippen molar-refractivity contribution in [1.82, 2.24) is 0 Å². The van der Waals surface area contributed by atoms with Crippen molar-refractivity contribution in [3.63, 3.8) is 0 Å². The smallest absolute Gasteiger partial charge is 0.190 e. The van der Waals surface area contributed by atoms with Gasteiger partial charge >= 0.3 is 0 Å². The van der Waals surface area contributed by atoms with Gasteiger partial charge in [0.1, 0.15) is 12.2 Å². The predicted molar refractivity (Wildman–Crippen MR) is 99.8 cm³/mol. The number of rotatable bonds is 5. The van der Waals surface area contributed by atoms with Crippen LogP contribution in [0.3, 0.4) is 0 Å². The molecule has 2 aliphatic rings. The summed E-state index contributed by atoms with van der Waals surface area (Å²) in [5, 5.41) is 0. The molecule has 0 N–H and O–H groups in total. The van der Waals surface area contributed by atoms with Crippen LogP contribution in [0.5, 0.6) is 0 Å². The molecule has 0 aromatic heterocycles. The summed E-state index contributed by atoms with van der Waals surface area (Å²) in [4.78, 5) is 4.91. The molecule has 0 radical (unpaired) electrons. The molecular weight excluding hydrogens is 310 g/mol. The molecule has 0 spiro atoms. The van der Waals surface area contributed by atoms with Gasteiger partial charge in [0.15, 0.2) is 5.90 Å². The van der Waals surface area contributed by atoms with Crippen LogP contribution in [-0.2, 0) is 15.1 Å². The van der Waals surface area contributed by atoms with E-state index in [1.807, 2.05) is 6.07 Å². The average Bonchev–Trinajstić information content (AvgIpc) is 3.09. The van der Waals surface area contributed by atoms with Crippen LogP contribution in [0.15, 0.2) is 65.7 Å². The van der Waals surface area contributed by atoms with Gasteiger partial charge in [0.25, 0.3) is 0 Å². The highest BCUT2D eigenvalue weighted by Crippen LogP contribution is 2.67. The third-order valence-corrected chi connectivity index (χ3v) is 5.60. The number of ether oxygens (including phenoxy) is 2. The maximum Gasteiger partial charge on any atom is 0.190 e. The molecule has 0 saturated heterocycles. The third kappa shape index (κ3) is 2.58. The summed E-state index contributed by atoms with van der Waals surface area (Å²) in [5.74, 6) is 1.70. The van der Waals surface area contributed by atoms with Gasteiger partial charge in [-0.3, -0.25) is 0 Å². The minimum absolute atomic E-state index is 0.131. The highest BCUT2D eigenvalue weighted by atomic mass is 16.5. The van der Waals surface area contributed by atoms with Crippen molar-refractivity contribution in [2.75, 3.05) is 13.7 Å². The van der Waals surface area contributed by atoms with E-state index in [0.717, 1.165) is 5.90 Å². The van der Waals surface area contributed by atoms with Gasteiger partial charge in [-0.15, -0.1) is 0 Å². The second kappa shape index (κ2) is 6.30. The van der Waals surface area contributed by atoms with Gasteiger partial charge in [0.2, 0.25) is 0 Å². The molecule has 2 aromatic rings. The van der Waals surface area contributed by atoms with Crippen molar-refractivity contribution in [2.24, 2.45) is 16.8 Å². The predicted octanol–water partition coefficient (Wildman–Crippen LogP) is 4.40. The van der Waals surface area contributed by atoms with Crippen LogP contribution in [0.25, 0.3) is 0 Å². The van der Waals surface area contributed by atoms with Crippen molar-refractivity contribution in [3.05, 3.63) is 71.8 Å². The molecule has 1 heterocycles. The van der Waals surface area contributed by atoms with Crippen molar-refractivity contribution >= 4 is 5.90 Å². The fourth-order valence-corrected chi connectivity index (χ4v) is 4.14. The molecule has 4 rings (SSSR count). The molecule has 1 aliphatic heterocycles. The Morgan fingerprint density at radius 3 is 2.20 bits per heavy atom. The first-order valence-corrected chi connectivity index (χ1v) is 9.04. The van der Waals surface area contributed by atoms with Gasteiger partial charge < -0.3 is 9.47 Å². The zero-order valence-electron chi connectivity index (χ0n) is 15.1. The zero-order valence-corrected chi connectivity index (χ0v) is 15.1. The van der Waals surface area contributed by atoms with Crippen LogP contribution in [0, 0.1) is 11.8 Å². The first kappa shape index (κ1) is 16.3. The van der Waals surface area contributed by atoms with Crippen molar-refractivity contribution in [2.45, 2.75) is 31.4 Å². The highest BCUT2D eigenvalue weighted by molar-refractivity contribution is 5.87. The molecular formula is C22H25NO2. The number of hydrogen-bond acceptors (Lipinski definition) is 3. The monoisotopic (exact) mass is 335 g/mol. The maximum absolute atomic E-state index is 6.16. The first-order valence-electron chi connectivity index (χ1n) is 9.04. The van der Waals surface area contributed by atoms with Gasteiger partial charge in [-0.05, 0) is 17.0 Å². The third-order valence-electron chi connectivity index (χ3n) is 5.60. The summed E-state index contributed by atoms with van der Waals surface area (Å²) < 4.78 is 12.2. The van der Waals surface area contributed by atoms with Crippen LogP contribution in [0.2, 0.25) is 0 Å². The fourth-order valence-electron chi connectivity index (χ4n) is 4.14. The van der Waals surface area contributed by atoms with E-state index in [4.69, 9.17) is 14.5 Å². The SMILES string of the molecule is COC1(c2ccccc2)C(C2=N[C@@H](C(C)C)CO2)C1c1ccccc1. The number of aliphatic imine (C=N–C) groups is 1. The van der Waals surface area contributed by atoms with Gasteiger partial charge in [0, 0.05) is 13.0 Å². The summed E-state index contributed by atoms with van der Waals surface area (Å²) in [5.41, 5.74) is 2.07. The van der Waals surface area contributed by atoms with Crippen LogP contribution in [-0.4, -0.2) is 25.7 Å². The molecule has 25 heavy (non-hydrogen) atoms. The Morgan fingerprint density at radius 1 is 1.00 bits per heavy atom. The lowest BCUT2D eigenvalue weighted by atomic mass is 10.0. The average molecular weight is 335 g/mol. The number of hydrogen-bond donors (Lipinski definition) is 0. The van der Waals surface area contributed by atoms with E-state index in [9.17, 15) is 0 Å². The topological polar surface area (TPSA) is 30.8 Å². The van der Waals surface area contributed by atoms with E-state index < -0.39 is 5.60 Å². The fraction of sp³-hybridized carbons (Fsp3) is 0.409. The Morgan fingerprint density at radius 2 is 1.64 bits per heavy atom. The van der Waals surface area contributed by atoms with Crippen LogP contribution in [0.4, 0.5) is 0 Å². The number of methoxy groups -OCH3 is 1. The molecule has 130 valence electrons. The van der Waals surface area contributed by atoms with Gasteiger partial charge in [0.05, 0.1) is 12.0 Å². The maximum atomic E-state index is 6.16. The molecule has 0 amide bonds. The van der Waals surface area contributed by atoms with Gasteiger partial charge in [-0.2, -0.15) is 0 Å². The summed E-state index contributed by atoms with van der Waals surface area (Å²) in [6.45, 7) is 5.07. The van der Waals surface area contributed by atoms with Crippen LogP contribution < -0.4 is 0 Å². The Hall–Kier alpha value is -2.13. The standard InChI is InChI=1S/C22H25NO2/c1-15(2)18-14-25-21(23-18)20-19(16-10-6-4-7-11-16)22(20,24-3)17-12-8-5-9-13-17/h4-13,15,18-20H,14H2,1-3H3/t18-,19?,20?,22?/m1/s1. The second-order valence-electron chi connectivity index (χ2n) is 7.32. The summed E-state index contributed by atoms with van der Waals surface area (Å²) in [6, 6.07) is 21.3. The molecule has 1 saturated carbocycles. The Balaban J connectivity index is 1.77. The molecule has 3 nitrogen and oxygen atoms in total. The molecule has 3 heteroatoms. The van der Waals surface area contributed by atoms with Crippen molar-refractivity contribution < 1.29 is 9.47 Å². The van der Waals surface area contributed by atoms with Crippen LogP contribution in [0.1, 0.15) is 30.9 Å². The second-order valence-corrected chi connectivity index (χ2v) is 7.32. The van der Waals surface area contributed by atoms with Crippen molar-refractivity contribution in [3.8, 4) is 0 Å². The molecule has 1 fully saturated rings. The summed E-state index contributed by atoms with van der Waals surface area (Å²) >= 11 is 0. The van der Waals surface area contributed by atoms with E-state index in [2.05, 4.69) is 68.4 Å². The van der Waals surface area contributed by atoms with E-state index in [1.54, 1.807) is 7.11 Å². The Labute approximate surface area is 149 Å². The van der Waals surface area contributed by atoms with Gasteiger partial charge in [-0.1, -0.05) is 74.5 Å². The highest BCUT2D eigenvalue weighted by Gasteiger charge is 2.70. The lowest BCUT2D eigenvalue weighted by Crippen LogP contribution is -2.18. The van der Waals surface area contributed by atoms with E-state index >= 15 is 0 Å². The Kier molecular flexibility index (Phi) is 4.12. The molecule has 4 atom stereocenters. The van der Waals surface area contributed by atoms with E-state index in [1.165, 1.54) is 11.1 Å². The molecule has 1 aliphatic carbocycles. The largest absolute Gasteiger partial charge is 0.478 e. The lowest BCUT2D eigenvalue weighted by molar-refractivity contribution is 0.0640. The normalized spacial score (nSPS) is 30.9. The zero-order chi connectivity index (χ0) is 17.4. The first-order chi connectivity index (χ1) is 12.2. The van der Waals surface area contributed by atoms with E-state index in [0.29, 0.717) is 12.5 Å². The van der Waals surface area contributed by atoms with Gasteiger partial charge in [-0.25, -0.2) is 4.99 Å². The molecule has 2 aromatic carbocycles. The van der Waals surface area contributed by atoms with Crippen LogP contribution >= 0.6 is 0 Å². The number of nitrogens with zero attached hydrogens (tertiary/aromatic N) is 1. The lowest BCUT2D eigenvalue weighted by Gasteiger charge is -2.17.